The van der Waals surface area contributed by atoms with Crippen molar-refractivity contribution in [1.82, 2.24) is 5.32 Å². The second-order valence-corrected chi connectivity index (χ2v) is 4.19. The molecule has 84 valence electrons. The highest BCUT2D eigenvalue weighted by molar-refractivity contribution is 9.10. The van der Waals surface area contributed by atoms with E-state index in [1.807, 2.05) is 6.07 Å². The zero-order valence-electron chi connectivity index (χ0n) is 8.11. The molecule has 1 atom stereocenters. The van der Waals surface area contributed by atoms with Crippen LogP contribution in [0.5, 0.6) is 0 Å². The van der Waals surface area contributed by atoms with Gasteiger partial charge in [-0.2, -0.15) is 13.2 Å². The van der Waals surface area contributed by atoms with E-state index in [1.165, 1.54) is 0 Å². The van der Waals surface area contributed by atoms with Crippen molar-refractivity contribution in [1.29, 1.82) is 0 Å². The van der Waals surface area contributed by atoms with Crippen LogP contribution in [0.4, 0.5) is 13.2 Å². The molecule has 0 spiro atoms. The molecule has 0 aromatic heterocycles. The summed E-state index contributed by atoms with van der Waals surface area (Å²) in [5, 5.41) is 2.42. The summed E-state index contributed by atoms with van der Waals surface area (Å²) in [6, 6.07) is 6.90. The first-order valence-corrected chi connectivity index (χ1v) is 5.23. The van der Waals surface area contributed by atoms with E-state index in [9.17, 15) is 13.2 Å². The van der Waals surface area contributed by atoms with Crippen LogP contribution in [-0.4, -0.2) is 12.7 Å². The highest BCUT2D eigenvalue weighted by atomic mass is 79.9. The fraction of sp³-hybridized carbons (Fsp3) is 0.400. The minimum Gasteiger partial charge on any atom is -0.302 e. The summed E-state index contributed by atoms with van der Waals surface area (Å²) in [6.45, 7) is 0.730. The molecule has 1 aromatic rings. The largest absolute Gasteiger partial charge is 0.401 e. The van der Waals surface area contributed by atoms with E-state index in [2.05, 4.69) is 21.2 Å². The summed E-state index contributed by atoms with van der Waals surface area (Å²) in [5.41, 5.74) is 0.827. The molecule has 1 rings (SSSR count). The molecule has 0 fully saturated rings. The maximum Gasteiger partial charge on any atom is 0.401 e. The normalized spacial score (nSPS) is 13.9. The minimum absolute atomic E-state index is 0.316. The molecule has 5 heteroatoms. The van der Waals surface area contributed by atoms with Crippen molar-refractivity contribution in [3.8, 4) is 0 Å². The van der Waals surface area contributed by atoms with E-state index in [-0.39, 0.29) is 6.04 Å². The Bertz CT molecular complexity index is 325. The summed E-state index contributed by atoms with van der Waals surface area (Å²) in [7, 11) is 0. The number of hydrogen-bond acceptors (Lipinski definition) is 1. The maximum atomic E-state index is 11.9. The average molecular weight is 282 g/mol. The van der Waals surface area contributed by atoms with Crippen molar-refractivity contribution in [2.75, 3.05) is 6.54 Å². The molecule has 15 heavy (non-hydrogen) atoms. The first kappa shape index (κ1) is 12.5. The quantitative estimate of drug-likeness (QED) is 0.892. The minimum atomic E-state index is -4.17. The third kappa shape index (κ3) is 4.66. The molecule has 0 heterocycles. The van der Waals surface area contributed by atoms with Crippen molar-refractivity contribution in [3.63, 3.8) is 0 Å². The fourth-order valence-electron chi connectivity index (χ4n) is 1.16. The lowest BCUT2D eigenvalue weighted by molar-refractivity contribution is -0.126. The Morgan fingerprint density at radius 1 is 1.40 bits per heavy atom. The molecule has 0 radical (unpaired) electrons. The van der Waals surface area contributed by atoms with Gasteiger partial charge in [0.1, 0.15) is 0 Å². The van der Waals surface area contributed by atoms with Gasteiger partial charge in [0.25, 0.3) is 0 Å². The number of hydrogen-bond donors (Lipinski definition) is 1. The second kappa shape index (κ2) is 4.99. The van der Waals surface area contributed by atoms with Crippen LogP contribution in [0.2, 0.25) is 0 Å². The summed E-state index contributed by atoms with van der Waals surface area (Å²) in [6.07, 6.45) is -4.17. The third-order valence-corrected chi connectivity index (χ3v) is 2.45. The molecule has 0 aliphatic rings. The van der Waals surface area contributed by atoms with Crippen molar-refractivity contribution in [3.05, 3.63) is 34.3 Å². The molecule has 0 bridgehead atoms. The zero-order valence-corrected chi connectivity index (χ0v) is 9.69. The van der Waals surface area contributed by atoms with E-state index in [1.54, 1.807) is 25.1 Å². The average Bonchev–Trinajstić information content (AvgIpc) is 2.13. The lowest BCUT2D eigenvalue weighted by Crippen LogP contribution is -2.30. The molecule has 0 saturated carbocycles. The van der Waals surface area contributed by atoms with Crippen LogP contribution < -0.4 is 5.32 Å². The van der Waals surface area contributed by atoms with Crippen molar-refractivity contribution in [2.24, 2.45) is 0 Å². The molecule has 0 aliphatic heterocycles. The first-order chi connectivity index (χ1) is 6.88. The summed E-state index contributed by atoms with van der Waals surface area (Å²) in [4.78, 5) is 0. The Morgan fingerprint density at radius 3 is 2.60 bits per heavy atom. The van der Waals surface area contributed by atoms with Crippen LogP contribution in [0.15, 0.2) is 28.7 Å². The van der Waals surface area contributed by atoms with Crippen LogP contribution in [0, 0.1) is 0 Å². The third-order valence-electron chi connectivity index (χ3n) is 1.96. The van der Waals surface area contributed by atoms with Crippen LogP contribution >= 0.6 is 15.9 Å². The van der Waals surface area contributed by atoms with Crippen molar-refractivity contribution in [2.45, 2.75) is 19.1 Å². The monoisotopic (exact) mass is 281 g/mol. The maximum absolute atomic E-state index is 11.9. The summed E-state index contributed by atoms with van der Waals surface area (Å²) < 4.78 is 36.7. The number of benzene rings is 1. The van der Waals surface area contributed by atoms with Gasteiger partial charge in [0.15, 0.2) is 0 Å². The van der Waals surface area contributed by atoms with Gasteiger partial charge in [0.05, 0.1) is 6.54 Å². The molecule has 1 nitrogen and oxygen atoms in total. The number of nitrogens with one attached hydrogen (secondary N) is 1. The van der Waals surface area contributed by atoms with Crippen LogP contribution in [0.1, 0.15) is 18.5 Å². The highest BCUT2D eigenvalue weighted by Crippen LogP contribution is 2.19. The Balaban J connectivity index is 2.58. The number of halogens is 4. The van der Waals surface area contributed by atoms with E-state index in [4.69, 9.17) is 0 Å². The van der Waals surface area contributed by atoms with Gasteiger partial charge in [-0.25, -0.2) is 0 Å². The molecular weight excluding hydrogens is 271 g/mol. The van der Waals surface area contributed by atoms with E-state index < -0.39 is 12.7 Å². The standard InChI is InChI=1S/C10H11BrF3N/c1-7(15-6-10(12,13)14)8-3-2-4-9(11)5-8/h2-5,7,15H,6H2,1H3. The SMILES string of the molecule is CC(NCC(F)(F)F)c1cccc(Br)c1. The molecular formula is C10H11BrF3N. The predicted molar refractivity (Wildman–Crippen MR) is 56.6 cm³/mol. The van der Waals surface area contributed by atoms with Gasteiger partial charge in [-0.15, -0.1) is 0 Å². The lowest BCUT2D eigenvalue weighted by atomic mass is 10.1. The molecule has 0 amide bonds. The van der Waals surface area contributed by atoms with Gasteiger partial charge < -0.3 is 5.32 Å². The smallest absolute Gasteiger partial charge is 0.302 e. The zero-order chi connectivity index (χ0) is 11.5. The predicted octanol–water partition coefficient (Wildman–Crippen LogP) is 3.66. The second-order valence-electron chi connectivity index (χ2n) is 3.27. The van der Waals surface area contributed by atoms with Gasteiger partial charge >= 0.3 is 6.18 Å². The molecule has 1 aromatic carbocycles. The van der Waals surface area contributed by atoms with Crippen molar-refractivity contribution < 1.29 is 13.2 Å². The summed E-state index contributed by atoms with van der Waals surface area (Å²) in [5.74, 6) is 0. The lowest BCUT2D eigenvalue weighted by Gasteiger charge is -2.15. The van der Waals surface area contributed by atoms with Crippen LogP contribution in [-0.2, 0) is 0 Å². The molecule has 1 N–H and O–H groups in total. The van der Waals surface area contributed by atoms with Gasteiger partial charge in [-0.1, -0.05) is 28.1 Å². The first-order valence-electron chi connectivity index (χ1n) is 4.44. The van der Waals surface area contributed by atoms with Crippen LogP contribution in [0.3, 0.4) is 0 Å². The van der Waals surface area contributed by atoms with Gasteiger partial charge in [0, 0.05) is 10.5 Å². The van der Waals surface area contributed by atoms with Crippen molar-refractivity contribution >= 4 is 15.9 Å². The number of alkyl halides is 3. The van der Waals surface area contributed by atoms with Gasteiger partial charge in [-0.3, -0.25) is 0 Å². The number of rotatable bonds is 3. The molecule has 0 saturated heterocycles. The van der Waals surface area contributed by atoms with Gasteiger partial charge in [-0.05, 0) is 24.6 Å². The van der Waals surface area contributed by atoms with E-state index in [0.717, 1.165) is 10.0 Å². The molecule has 1 unspecified atom stereocenters. The Kier molecular flexibility index (Phi) is 4.16. The Labute approximate surface area is 94.8 Å². The Morgan fingerprint density at radius 2 is 2.07 bits per heavy atom. The fourth-order valence-corrected chi connectivity index (χ4v) is 1.58. The highest BCUT2D eigenvalue weighted by Gasteiger charge is 2.27. The van der Waals surface area contributed by atoms with Gasteiger partial charge in [0.2, 0.25) is 0 Å². The topological polar surface area (TPSA) is 12.0 Å². The Hall–Kier alpha value is -0.550. The molecule has 0 aliphatic carbocycles. The summed E-state index contributed by atoms with van der Waals surface area (Å²) >= 11 is 3.27. The van der Waals surface area contributed by atoms with E-state index in [0.29, 0.717) is 0 Å². The van der Waals surface area contributed by atoms with Crippen LogP contribution in [0.25, 0.3) is 0 Å². The van der Waals surface area contributed by atoms with E-state index >= 15 is 0 Å².